The molecule has 4 nitrogen and oxygen atoms in total. The first-order valence-electron chi connectivity index (χ1n) is 8.92. The van der Waals surface area contributed by atoms with Crippen molar-refractivity contribution < 1.29 is 52.6 Å². The summed E-state index contributed by atoms with van der Waals surface area (Å²) in [5, 5.41) is 12.7. The molecule has 8 heteroatoms. The maximum atomic E-state index is 13.1. The van der Waals surface area contributed by atoms with Gasteiger partial charge in [0, 0.05) is 33.7 Å². The molecule has 0 N–H and O–H groups in total. The predicted octanol–water partition coefficient (Wildman–Crippen LogP) is 1.25. The third-order valence-electron chi connectivity index (χ3n) is 5.11. The number of pyridine rings is 1. The molecular weight excluding hydrogens is 404 g/mol. The number of carboxylic acids is 1. The first kappa shape index (κ1) is 22.3. The summed E-state index contributed by atoms with van der Waals surface area (Å²) in [5.41, 5.74) is 3.35. The van der Waals surface area contributed by atoms with Gasteiger partial charge in [0.25, 0.3) is 0 Å². The molecule has 4 rings (SSSR count). The van der Waals surface area contributed by atoms with Crippen LogP contribution < -0.4 is 34.7 Å². The van der Waals surface area contributed by atoms with Gasteiger partial charge in [-0.1, -0.05) is 17.7 Å². The number of hydrogen-bond acceptors (Lipinski definition) is 3. The third-order valence-corrected chi connectivity index (χ3v) is 5.11. The number of halogens is 3. The van der Waals surface area contributed by atoms with Gasteiger partial charge in [-0.3, -0.25) is 4.98 Å². The van der Waals surface area contributed by atoms with E-state index in [1.54, 1.807) is 17.6 Å². The summed E-state index contributed by atoms with van der Waals surface area (Å²) in [6, 6.07) is 10.9. The van der Waals surface area contributed by atoms with Gasteiger partial charge in [-0.05, 0) is 49.7 Å². The van der Waals surface area contributed by atoms with E-state index in [4.69, 9.17) is 0 Å². The van der Waals surface area contributed by atoms with Crippen LogP contribution in [0.1, 0.15) is 16.8 Å². The third kappa shape index (κ3) is 3.85. The Bertz CT molecular complexity index is 1280. The number of carbonyl (C=O) groups excluding carboxylic acids is 1. The molecule has 2 aromatic heterocycles. The molecule has 2 aromatic carbocycles. The van der Waals surface area contributed by atoms with E-state index < -0.39 is 17.7 Å². The van der Waals surface area contributed by atoms with Gasteiger partial charge < -0.3 is 14.5 Å². The number of hydrogen-bond donors (Lipinski definition) is 0. The fraction of sp³-hybridized carbons (Fsp3) is 0.182. The standard InChI is InChI=1S/C22H17F3N2O2.Na/c1-12-3-6-19-17(9-12)21(13(2)27(19)11-20(28)29)16-7-8-26-18-10-14(22(23,24)25)4-5-15(16)18;/h3-10H,11H2,1-2H3,(H,28,29);/q;+1/p-1. The Kier molecular flexibility index (Phi) is 6.00. The van der Waals surface area contributed by atoms with Crippen LogP contribution in [0.5, 0.6) is 0 Å². The predicted molar refractivity (Wildman–Crippen MR) is 102 cm³/mol. The summed E-state index contributed by atoms with van der Waals surface area (Å²) in [5.74, 6) is -1.22. The fourth-order valence-corrected chi connectivity index (χ4v) is 3.81. The fourth-order valence-electron chi connectivity index (χ4n) is 3.81. The van der Waals surface area contributed by atoms with Crippen LogP contribution in [0, 0.1) is 13.8 Å². The molecule has 0 spiro atoms. The van der Waals surface area contributed by atoms with E-state index in [0.29, 0.717) is 16.6 Å². The second kappa shape index (κ2) is 8.06. The number of alkyl halides is 3. The normalized spacial score (nSPS) is 11.6. The molecule has 148 valence electrons. The topological polar surface area (TPSA) is 58.0 Å². The molecule has 0 saturated heterocycles. The summed E-state index contributed by atoms with van der Waals surface area (Å²) in [7, 11) is 0. The van der Waals surface area contributed by atoms with Gasteiger partial charge in [-0.25, -0.2) is 0 Å². The summed E-state index contributed by atoms with van der Waals surface area (Å²) in [6.45, 7) is 3.41. The molecule has 0 atom stereocenters. The monoisotopic (exact) mass is 420 g/mol. The zero-order chi connectivity index (χ0) is 20.9. The van der Waals surface area contributed by atoms with E-state index in [9.17, 15) is 23.1 Å². The summed E-state index contributed by atoms with van der Waals surface area (Å²) in [4.78, 5) is 15.4. The summed E-state index contributed by atoms with van der Waals surface area (Å²) in [6.07, 6.45) is -2.99. The number of fused-ring (bicyclic) bond motifs is 2. The van der Waals surface area contributed by atoms with E-state index in [0.717, 1.165) is 34.2 Å². The number of aromatic nitrogens is 2. The van der Waals surface area contributed by atoms with Crippen LogP contribution in [-0.4, -0.2) is 15.5 Å². The molecule has 0 bridgehead atoms. The molecule has 2 heterocycles. The Hall–Kier alpha value is -2.35. The Morgan fingerprint density at radius 2 is 1.80 bits per heavy atom. The van der Waals surface area contributed by atoms with Crippen LogP contribution in [0.15, 0.2) is 48.7 Å². The van der Waals surface area contributed by atoms with Crippen molar-refractivity contribution in [1.29, 1.82) is 0 Å². The van der Waals surface area contributed by atoms with Gasteiger partial charge in [0.1, 0.15) is 0 Å². The molecule has 0 aliphatic carbocycles. The SMILES string of the molecule is Cc1ccc2c(c1)c(-c1ccnc3cc(C(F)(F)F)ccc13)c(C)n2CC(=O)[O-].[Na+]. The van der Waals surface area contributed by atoms with E-state index in [2.05, 4.69) is 4.98 Å². The first-order valence-corrected chi connectivity index (χ1v) is 8.92. The van der Waals surface area contributed by atoms with Crippen molar-refractivity contribution in [2.45, 2.75) is 26.6 Å². The van der Waals surface area contributed by atoms with Gasteiger partial charge in [0.15, 0.2) is 0 Å². The van der Waals surface area contributed by atoms with Gasteiger partial charge in [0.2, 0.25) is 0 Å². The van der Waals surface area contributed by atoms with Gasteiger partial charge in [0.05, 0.1) is 23.6 Å². The van der Waals surface area contributed by atoms with Gasteiger partial charge in [-0.15, -0.1) is 0 Å². The Morgan fingerprint density at radius 3 is 2.47 bits per heavy atom. The molecule has 0 unspecified atom stereocenters. The van der Waals surface area contributed by atoms with Gasteiger partial charge in [-0.2, -0.15) is 13.2 Å². The minimum Gasteiger partial charge on any atom is -0.548 e. The van der Waals surface area contributed by atoms with Crippen molar-refractivity contribution in [2.75, 3.05) is 0 Å². The molecule has 0 aliphatic rings. The largest absolute Gasteiger partial charge is 1.00 e. The molecule has 0 saturated carbocycles. The Labute approximate surface area is 192 Å². The minimum absolute atomic E-state index is 0. The van der Waals surface area contributed by atoms with E-state index in [1.807, 2.05) is 25.1 Å². The van der Waals surface area contributed by atoms with Crippen molar-refractivity contribution in [3.63, 3.8) is 0 Å². The van der Waals surface area contributed by atoms with Crippen molar-refractivity contribution in [1.82, 2.24) is 9.55 Å². The van der Waals surface area contributed by atoms with Crippen molar-refractivity contribution in [2.24, 2.45) is 0 Å². The molecule has 0 aliphatic heterocycles. The number of carbonyl (C=O) groups is 1. The van der Waals surface area contributed by atoms with E-state index in [1.165, 1.54) is 12.3 Å². The summed E-state index contributed by atoms with van der Waals surface area (Å²) < 4.78 is 40.9. The van der Waals surface area contributed by atoms with Crippen molar-refractivity contribution in [3.8, 4) is 11.1 Å². The number of aliphatic carboxylic acids is 1. The first-order chi connectivity index (χ1) is 13.7. The quantitative estimate of drug-likeness (QED) is 0.469. The maximum Gasteiger partial charge on any atom is 1.00 e. The summed E-state index contributed by atoms with van der Waals surface area (Å²) >= 11 is 0. The molecule has 0 fully saturated rings. The van der Waals surface area contributed by atoms with Crippen LogP contribution in [0.3, 0.4) is 0 Å². The number of aryl methyl sites for hydroxylation is 1. The van der Waals surface area contributed by atoms with Crippen LogP contribution in [-0.2, 0) is 17.5 Å². The minimum atomic E-state index is -4.45. The van der Waals surface area contributed by atoms with Crippen molar-refractivity contribution in [3.05, 3.63) is 65.5 Å². The Balaban J connectivity index is 0.00000256. The Morgan fingerprint density at radius 1 is 1.07 bits per heavy atom. The van der Waals surface area contributed by atoms with Crippen LogP contribution in [0.4, 0.5) is 13.2 Å². The molecule has 4 aromatic rings. The second-order valence-corrected chi connectivity index (χ2v) is 7.03. The number of benzene rings is 2. The molecular formula is C22H16F3N2NaO2. The number of carboxylic acid groups (broad SMARTS) is 1. The molecule has 30 heavy (non-hydrogen) atoms. The number of rotatable bonds is 3. The molecule has 0 radical (unpaired) electrons. The van der Waals surface area contributed by atoms with E-state index >= 15 is 0 Å². The number of nitrogens with zero attached hydrogens (tertiary/aromatic N) is 2. The van der Waals surface area contributed by atoms with Crippen LogP contribution >= 0.6 is 0 Å². The average molecular weight is 420 g/mol. The zero-order valence-corrected chi connectivity index (χ0v) is 18.7. The average Bonchev–Trinajstić information content (AvgIpc) is 2.90. The van der Waals surface area contributed by atoms with Crippen LogP contribution in [0.25, 0.3) is 32.9 Å². The van der Waals surface area contributed by atoms with E-state index in [-0.39, 0.29) is 41.6 Å². The van der Waals surface area contributed by atoms with Crippen LogP contribution in [0.2, 0.25) is 0 Å². The molecule has 0 amide bonds. The maximum absolute atomic E-state index is 13.1. The van der Waals surface area contributed by atoms with Crippen molar-refractivity contribution >= 4 is 27.8 Å². The second-order valence-electron chi connectivity index (χ2n) is 7.03. The van der Waals surface area contributed by atoms with Gasteiger partial charge >= 0.3 is 35.7 Å². The zero-order valence-electron chi connectivity index (χ0n) is 16.7. The smallest absolute Gasteiger partial charge is 0.548 e.